The normalized spacial score (nSPS) is 12.5. The Hall–Kier alpha value is -1.42. The molecule has 4 heteroatoms. The van der Waals surface area contributed by atoms with Gasteiger partial charge in [-0.3, -0.25) is 4.79 Å². The van der Waals surface area contributed by atoms with Crippen molar-refractivity contribution in [3.8, 4) is 0 Å². The number of anilines is 1. The average Bonchev–Trinajstić information content (AvgIpc) is 2.19. The molecule has 3 nitrogen and oxygen atoms in total. The van der Waals surface area contributed by atoms with Crippen LogP contribution >= 0.6 is 0 Å². The molecule has 0 bridgehead atoms. The first-order valence-electron chi connectivity index (χ1n) is 4.32. The highest BCUT2D eigenvalue weighted by molar-refractivity contribution is 6.03. The van der Waals surface area contributed by atoms with Crippen molar-refractivity contribution >= 4 is 11.5 Å². The Morgan fingerprint density at radius 3 is 2.79 bits per heavy atom. The number of ketones is 1. The SMILES string of the molecule is CNC(C)C(=O)c1cc(F)ccc1N. The standard InChI is InChI=1S/C10H13FN2O/c1-6(13-2)10(14)8-5-7(11)3-4-9(8)12/h3-6,13H,12H2,1-2H3. The Morgan fingerprint density at radius 1 is 1.57 bits per heavy atom. The number of nitrogen functional groups attached to an aromatic ring is 1. The minimum absolute atomic E-state index is 0.204. The summed E-state index contributed by atoms with van der Waals surface area (Å²) in [5, 5.41) is 2.78. The Kier molecular flexibility index (Phi) is 3.19. The van der Waals surface area contributed by atoms with Gasteiger partial charge in [0, 0.05) is 11.3 Å². The first-order valence-corrected chi connectivity index (χ1v) is 4.32. The molecule has 1 atom stereocenters. The lowest BCUT2D eigenvalue weighted by atomic mass is 10.0. The van der Waals surface area contributed by atoms with E-state index in [2.05, 4.69) is 5.32 Å². The number of hydrogen-bond donors (Lipinski definition) is 2. The minimum Gasteiger partial charge on any atom is -0.398 e. The fourth-order valence-electron chi connectivity index (χ4n) is 1.11. The number of nitrogens with one attached hydrogen (secondary N) is 1. The maximum absolute atomic E-state index is 12.8. The molecule has 0 heterocycles. The molecule has 1 aromatic rings. The molecule has 1 unspecified atom stereocenters. The predicted molar refractivity (Wildman–Crippen MR) is 53.7 cm³/mol. The summed E-state index contributed by atoms with van der Waals surface area (Å²) in [6, 6.07) is 3.42. The molecule has 0 amide bonds. The van der Waals surface area contributed by atoms with Crippen molar-refractivity contribution in [1.29, 1.82) is 0 Å². The van der Waals surface area contributed by atoms with Crippen molar-refractivity contribution in [2.45, 2.75) is 13.0 Å². The lowest BCUT2D eigenvalue weighted by Gasteiger charge is -2.10. The fraction of sp³-hybridized carbons (Fsp3) is 0.300. The van der Waals surface area contributed by atoms with E-state index in [0.29, 0.717) is 5.69 Å². The van der Waals surface area contributed by atoms with Crippen LogP contribution in [0.2, 0.25) is 0 Å². The average molecular weight is 196 g/mol. The quantitative estimate of drug-likeness (QED) is 0.564. The molecule has 0 aliphatic carbocycles. The number of nitrogens with two attached hydrogens (primary N) is 1. The molecule has 1 rings (SSSR count). The van der Waals surface area contributed by atoms with E-state index >= 15 is 0 Å². The van der Waals surface area contributed by atoms with Gasteiger partial charge in [0.1, 0.15) is 5.82 Å². The minimum atomic E-state index is -0.453. The Balaban J connectivity index is 3.06. The second-order valence-corrected chi connectivity index (χ2v) is 3.11. The van der Waals surface area contributed by atoms with Crippen LogP contribution in [0.15, 0.2) is 18.2 Å². The predicted octanol–water partition coefficient (Wildman–Crippen LogP) is 1.20. The molecule has 0 aliphatic heterocycles. The molecule has 0 fully saturated rings. The second kappa shape index (κ2) is 4.19. The van der Waals surface area contributed by atoms with Gasteiger partial charge in [0.2, 0.25) is 0 Å². The van der Waals surface area contributed by atoms with E-state index in [4.69, 9.17) is 5.73 Å². The van der Waals surface area contributed by atoms with E-state index < -0.39 is 5.82 Å². The van der Waals surface area contributed by atoms with Crippen molar-refractivity contribution < 1.29 is 9.18 Å². The van der Waals surface area contributed by atoms with Crippen LogP contribution in [0.25, 0.3) is 0 Å². The van der Waals surface area contributed by atoms with Gasteiger partial charge in [-0.2, -0.15) is 0 Å². The van der Waals surface area contributed by atoms with E-state index in [9.17, 15) is 9.18 Å². The monoisotopic (exact) mass is 196 g/mol. The molecule has 0 aromatic heterocycles. The molecule has 3 N–H and O–H groups in total. The summed E-state index contributed by atoms with van der Waals surface area (Å²) in [7, 11) is 1.66. The van der Waals surface area contributed by atoms with Crippen LogP contribution in [0.3, 0.4) is 0 Å². The van der Waals surface area contributed by atoms with Crippen LogP contribution in [0.1, 0.15) is 17.3 Å². The number of hydrogen-bond acceptors (Lipinski definition) is 3. The van der Waals surface area contributed by atoms with Gasteiger partial charge < -0.3 is 11.1 Å². The number of likely N-dealkylation sites (N-methyl/N-ethyl adjacent to an activating group) is 1. The van der Waals surface area contributed by atoms with Gasteiger partial charge >= 0.3 is 0 Å². The van der Waals surface area contributed by atoms with E-state index in [1.165, 1.54) is 12.1 Å². The van der Waals surface area contributed by atoms with Crippen LogP contribution in [0.4, 0.5) is 10.1 Å². The number of carbonyl (C=O) groups excluding carboxylic acids is 1. The van der Waals surface area contributed by atoms with Gasteiger partial charge in [-0.15, -0.1) is 0 Å². The zero-order valence-corrected chi connectivity index (χ0v) is 8.17. The Labute approximate surface area is 82.1 Å². The highest BCUT2D eigenvalue weighted by Crippen LogP contribution is 2.15. The molecule has 0 saturated heterocycles. The maximum atomic E-state index is 12.8. The van der Waals surface area contributed by atoms with Crippen molar-refractivity contribution in [3.63, 3.8) is 0 Å². The smallest absolute Gasteiger partial charge is 0.181 e. The zero-order chi connectivity index (χ0) is 10.7. The summed E-state index contributed by atoms with van der Waals surface area (Å²) in [6.45, 7) is 1.70. The van der Waals surface area contributed by atoms with E-state index in [-0.39, 0.29) is 17.4 Å². The first-order chi connectivity index (χ1) is 6.56. The van der Waals surface area contributed by atoms with Crippen molar-refractivity contribution in [3.05, 3.63) is 29.6 Å². The largest absolute Gasteiger partial charge is 0.398 e. The van der Waals surface area contributed by atoms with Gasteiger partial charge in [-0.1, -0.05) is 0 Å². The number of rotatable bonds is 3. The van der Waals surface area contributed by atoms with Crippen LogP contribution in [0, 0.1) is 5.82 Å². The highest BCUT2D eigenvalue weighted by Gasteiger charge is 2.16. The maximum Gasteiger partial charge on any atom is 0.181 e. The molecule has 14 heavy (non-hydrogen) atoms. The summed E-state index contributed by atoms with van der Waals surface area (Å²) < 4.78 is 12.8. The topological polar surface area (TPSA) is 55.1 Å². The van der Waals surface area contributed by atoms with Crippen molar-refractivity contribution in [1.82, 2.24) is 5.32 Å². The molecule has 0 saturated carbocycles. The molecular formula is C10H13FN2O. The Bertz CT molecular complexity index is 352. The van der Waals surface area contributed by atoms with E-state index in [0.717, 1.165) is 6.07 Å². The fourth-order valence-corrected chi connectivity index (χ4v) is 1.11. The summed E-state index contributed by atoms with van der Waals surface area (Å²) in [5.74, 6) is -0.657. The van der Waals surface area contributed by atoms with Crippen molar-refractivity contribution in [2.24, 2.45) is 0 Å². The van der Waals surface area contributed by atoms with Crippen LogP contribution in [-0.4, -0.2) is 18.9 Å². The summed E-state index contributed by atoms with van der Waals surface area (Å²) in [4.78, 5) is 11.6. The molecule has 76 valence electrons. The van der Waals surface area contributed by atoms with Gasteiger partial charge in [-0.25, -0.2) is 4.39 Å². The zero-order valence-electron chi connectivity index (χ0n) is 8.17. The molecule has 0 radical (unpaired) electrons. The third-order valence-corrected chi connectivity index (χ3v) is 2.11. The van der Waals surface area contributed by atoms with Gasteiger partial charge in [0.15, 0.2) is 5.78 Å². The number of halogens is 1. The summed E-state index contributed by atoms with van der Waals surface area (Å²) >= 11 is 0. The van der Waals surface area contributed by atoms with Gasteiger partial charge in [-0.05, 0) is 32.2 Å². The van der Waals surface area contributed by atoms with Crippen molar-refractivity contribution in [2.75, 3.05) is 12.8 Å². The number of Topliss-reactive ketones (excluding diaryl/α,β-unsaturated/α-hetero) is 1. The van der Waals surface area contributed by atoms with Gasteiger partial charge in [0.05, 0.1) is 6.04 Å². The molecule has 0 aliphatic rings. The lowest BCUT2D eigenvalue weighted by molar-refractivity contribution is 0.0955. The summed E-state index contributed by atoms with van der Waals surface area (Å²) in [5.41, 5.74) is 6.10. The number of benzene rings is 1. The summed E-state index contributed by atoms with van der Waals surface area (Å²) in [6.07, 6.45) is 0. The first kappa shape index (κ1) is 10.7. The van der Waals surface area contributed by atoms with Crippen LogP contribution in [0.5, 0.6) is 0 Å². The molecule has 1 aromatic carbocycles. The van der Waals surface area contributed by atoms with Crippen LogP contribution < -0.4 is 11.1 Å². The van der Waals surface area contributed by atoms with E-state index in [1.54, 1.807) is 14.0 Å². The second-order valence-electron chi connectivity index (χ2n) is 3.11. The van der Waals surface area contributed by atoms with E-state index in [1.807, 2.05) is 0 Å². The molecular weight excluding hydrogens is 183 g/mol. The van der Waals surface area contributed by atoms with Crippen LogP contribution in [-0.2, 0) is 0 Å². The third kappa shape index (κ3) is 2.09. The molecule has 0 spiro atoms. The lowest BCUT2D eigenvalue weighted by Crippen LogP contribution is -2.31. The Morgan fingerprint density at radius 2 is 2.21 bits per heavy atom. The third-order valence-electron chi connectivity index (χ3n) is 2.11. The highest BCUT2D eigenvalue weighted by atomic mass is 19.1. The van der Waals surface area contributed by atoms with Gasteiger partial charge in [0.25, 0.3) is 0 Å². The number of carbonyl (C=O) groups is 1.